The zero-order valence-corrected chi connectivity index (χ0v) is 16.6. The van der Waals surface area contributed by atoms with Crippen molar-refractivity contribution in [3.8, 4) is 0 Å². The predicted molar refractivity (Wildman–Crippen MR) is 93.5 cm³/mol. The van der Waals surface area contributed by atoms with Crippen LogP contribution in [0.4, 0.5) is 0 Å². The highest BCUT2D eigenvalue weighted by Crippen LogP contribution is 2.72. The third kappa shape index (κ3) is 2.06. The third-order valence-electron chi connectivity index (χ3n) is 6.94. The van der Waals surface area contributed by atoms with Gasteiger partial charge in [-0.2, -0.15) is 0 Å². The van der Waals surface area contributed by atoms with Crippen molar-refractivity contribution in [2.45, 2.75) is 65.1 Å². The number of ketones is 2. The SMILES string of the molecule is CC1(C)CC(=O)C=C(OC(=O)C23CCC(C)(C(=O)C2Br)C3(C)C)C1. The zero-order valence-electron chi connectivity index (χ0n) is 15.0. The van der Waals surface area contributed by atoms with Gasteiger partial charge in [-0.3, -0.25) is 14.4 Å². The Morgan fingerprint density at radius 2 is 1.75 bits per heavy atom. The Hall–Kier alpha value is -0.970. The molecule has 3 aliphatic rings. The van der Waals surface area contributed by atoms with E-state index in [4.69, 9.17) is 4.74 Å². The van der Waals surface area contributed by atoms with Gasteiger partial charge >= 0.3 is 5.97 Å². The van der Waals surface area contributed by atoms with E-state index in [0.717, 1.165) is 0 Å². The number of hydrogen-bond donors (Lipinski definition) is 0. The highest BCUT2D eigenvalue weighted by molar-refractivity contribution is 9.10. The number of carbonyl (C=O) groups excluding carboxylic acids is 3. The largest absolute Gasteiger partial charge is 0.430 e. The van der Waals surface area contributed by atoms with Gasteiger partial charge in [-0.05, 0) is 23.7 Å². The van der Waals surface area contributed by atoms with Gasteiger partial charge in [0.05, 0.1) is 10.2 Å². The van der Waals surface area contributed by atoms with Gasteiger partial charge in [-0.1, -0.05) is 50.5 Å². The molecule has 0 aromatic carbocycles. The molecule has 0 radical (unpaired) electrons. The van der Waals surface area contributed by atoms with Crippen LogP contribution in [0.25, 0.3) is 0 Å². The van der Waals surface area contributed by atoms with Crippen LogP contribution >= 0.6 is 15.9 Å². The lowest BCUT2D eigenvalue weighted by Crippen LogP contribution is -2.46. The van der Waals surface area contributed by atoms with Crippen molar-refractivity contribution in [3.63, 3.8) is 0 Å². The molecule has 2 fully saturated rings. The molecule has 24 heavy (non-hydrogen) atoms. The van der Waals surface area contributed by atoms with E-state index in [-0.39, 0.29) is 23.0 Å². The molecule has 3 aliphatic carbocycles. The van der Waals surface area contributed by atoms with Crippen LogP contribution in [0.5, 0.6) is 0 Å². The first-order chi connectivity index (χ1) is 10.9. The Morgan fingerprint density at radius 1 is 1.12 bits per heavy atom. The molecular formula is C19H25BrO4. The van der Waals surface area contributed by atoms with Crippen molar-refractivity contribution in [1.29, 1.82) is 0 Å². The van der Waals surface area contributed by atoms with Crippen molar-refractivity contribution < 1.29 is 19.1 Å². The first kappa shape index (κ1) is 17.8. The number of hydrogen-bond acceptors (Lipinski definition) is 4. The van der Waals surface area contributed by atoms with Gasteiger partial charge in [0.1, 0.15) is 5.76 Å². The summed E-state index contributed by atoms with van der Waals surface area (Å²) in [5.74, 6) is 0.129. The van der Waals surface area contributed by atoms with E-state index in [0.29, 0.717) is 31.4 Å². The fourth-order valence-electron chi connectivity index (χ4n) is 4.97. The van der Waals surface area contributed by atoms with Gasteiger partial charge in [-0.15, -0.1) is 0 Å². The number of ether oxygens (including phenoxy) is 1. The fourth-order valence-corrected chi connectivity index (χ4v) is 6.46. The minimum atomic E-state index is -0.871. The molecule has 132 valence electrons. The average Bonchev–Trinajstić information content (AvgIpc) is 2.69. The Labute approximate surface area is 151 Å². The molecule has 0 aromatic heterocycles. The van der Waals surface area contributed by atoms with Crippen LogP contribution in [0.3, 0.4) is 0 Å². The Bertz CT molecular complexity index is 675. The van der Waals surface area contributed by atoms with E-state index < -0.39 is 21.1 Å². The van der Waals surface area contributed by atoms with Crippen molar-refractivity contribution >= 4 is 33.5 Å². The average molecular weight is 397 g/mol. The molecule has 3 atom stereocenters. The molecule has 4 nitrogen and oxygen atoms in total. The molecule has 0 saturated heterocycles. The van der Waals surface area contributed by atoms with Crippen LogP contribution in [0, 0.1) is 21.7 Å². The summed E-state index contributed by atoms with van der Waals surface area (Å²) < 4.78 is 5.72. The summed E-state index contributed by atoms with van der Waals surface area (Å²) in [7, 11) is 0. The number of fused-ring (bicyclic) bond motifs is 2. The predicted octanol–water partition coefficient (Wildman–Crippen LogP) is 3.96. The molecule has 2 bridgehead atoms. The summed E-state index contributed by atoms with van der Waals surface area (Å²) in [4.78, 5) is 37.3. The van der Waals surface area contributed by atoms with Gasteiger partial charge in [0.2, 0.25) is 0 Å². The molecule has 3 unspecified atom stereocenters. The van der Waals surface area contributed by atoms with Gasteiger partial charge in [-0.25, -0.2) is 0 Å². The van der Waals surface area contributed by atoms with Crippen LogP contribution in [0.15, 0.2) is 11.8 Å². The van der Waals surface area contributed by atoms with Crippen molar-refractivity contribution in [2.24, 2.45) is 21.7 Å². The first-order valence-electron chi connectivity index (χ1n) is 8.51. The quantitative estimate of drug-likeness (QED) is 0.523. The monoisotopic (exact) mass is 396 g/mol. The molecule has 0 N–H and O–H groups in total. The molecule has 0 spiro atoms. The lowest BCUT2D eigenvalue weighted by molar-refractivity contribution is -0.157. The van der Waals surface area contributed by atoms with Crippen LogP contribution in [0.1, 0.15) is 60.3 Å². The molecular weight excluding hydrogens is 372 g/mol. The molecule has 2 saturated carbocycles. The Balaban J connectivity index is 1.93. The summed E-state index contributed by atoms with van der Waals surface area (Å²) in [6.45, 7) is 9.92. The second-order valence-electron chi connectivity index (χ2n) is 9.14. The summed E-state index contributed by atoms with van der Waals surface area (Å²) >= 11 is 3.49. The highest BCUT2D eigenvalue weighted by atomic mass is 79.9. The Morgan fingerprint density at radius 3 is 2.25 bits per heavy atom. The molecule has 0 heterocycles. The molecule has 0 aromatic rings. The van der Waals surface area contributed by atoms with E-state index in [2.05, 4.69) is 15.9 Å². The number of allylic oxidation sites excluding steroid dienone is 2. The number of alkyl halides is 1. The van der Waals surface area contributed by atoms with E-state index >= 15 is 0 Å². The van der Waals surface area contributed by atoms with Crippen molar-refractivity contribution in [2.75, 3.05) is 0 Å². The lowest BCUT2D eigenvalue weighted by Gasteiger charge is -2.39. The first-order valence-corrected chi connectivity index (χ1v) is 9.43. The topological polar surface area (TPSA) is 60.4 Å². The summed E-state index contributed by atoms with van der Waals surface area (Å²) in [5.41, 5.74) is -2.09. The van der Waals surface area contributed by atoms with Crippen LogP contribution in [0.2, 0.25) is 0 Å². The smallest absolute Gasteiger partial charge is 0.319 e. The van der Waals surface area contributed by atoms with Crippen molar-refractivity contribution in [1.82, 2.24) is 0 Å². The van der Waals surface area contributed by atoms with Crippen molar-refractivity contribution in [3.05, 3.63) is 11.8 Å². The Kier molecular flexibility index (Phi) is 3.74. The normalized spacial score (nSPS) is 39.8. The number of Topliss-reactive ketones (excluding diaryl/α,β-unsaturated/α-hetero) is 1. The van der Waals surface area contributed by atoms with E-state index in [1.807, 2.05) is 34.6 Å². The zero-order chi connectivity index (χ0) is 18.1. The highest BCUT2D eigenvalue weighted by Gasteiger charge is 2.77. The van der Waals surface area contributed by atoms with Crippen LogP contribution < -0.4 is 0 Å². The summed E-state index contributed by atoms with van der Waals surface area (Å²) in [5, 5.41) is 0. The molecule has 5 heteroatoms. The summed E-state index contributed by atoms with van der Waals surface area (Å²) in [6.07, 6.45) is 3.78. The van der Waals surface area contributed by atoms with E-state index in [1.165, 1.54) is 6.08 Å². The second kappa shape index (κ2) is 5.03. The van der Waals surface area contributed by atoms with E-state index in [1.54, 1.807) is 0 Å². The second-order valence-corrected chi connectivity index (χ2v) is 10.1. The number of halogens is 1. The maximum absolute atomic E-state index is 13.2. The third-order valence-corrected chi connectivity index (χ3v) is 8.13. The standard InChI is InChI=1S/C19H25BrO4/c1-16(2)9-11(21)8-12(10-16)24-15(23)19-7-6-18(5,17(19,3)4)14(22)13(19)20/h8,13H,6-7,9-10H2,1-5H3. The minimum absolute atomic E-state index is 0.0139. The van der Waals surface area contributed by atoms with Gasteiger partial charge in [0.15, 0.2) is 11.6 Å². The number of esters is 1. The molecule has 0 aliphatic heterocycles. The summed E-state index contributed by atoms with van der Waals surface area (Å²) in [6, 6.07) is 0. The van der Waals surface area contributed by atoms with Gasteiger partial charge in [0, 0.05) is 24.3 Å². The number of rotatable bonds is 2. The maximum atomic E-state index is 13.2. The lowest BCUT2D eigenvalue weighted by atomic mass is 9.65. The molecule has 3 rings (SSSR count). The van der Waals surface area contributed by atoms with Crippen LogP contribution in [-0.2, 0) is 19.1 Å². The van der Waals surface area contributed by atoms with Crippen LogP contribution in [-0.4, -0.2) is 22.4 Å². The van der Waals surface area contributed by atoms with Gasteiger partial charge < -0.3 is 4.74 Å². The maximum Gasteiger partial charge on any atom is 0.319 e. The van der Waals surface area contributed by atoms with E-state index in [9.17, 15) is 14.4 Å². The fraction of sp³-hybridized carbons (Fsp3) is 0.737. The molecule has 0 amide bonds. The number of carbonyl (C=O) groups is 3. The van der Waals surface area contributed by atoms with Gasteiger partial charge in [0.25, 0.3) is 0 Å². The minimum Gasteiger partial charge on any atom is -0.430 e.